The molecule has 0 radical (unpaired) electrons. The minimum Gasteiger partial charge on any atom is -0.450 e. The van der Waals surface area contributed by atoms with E-state index in [0.717, 1.165) is 42.5 Å². The molecule has 52 heavy (non-hydrogen) atoms. The maximum atomic E-state index is 13.5. The van der Waals surface area contributed by atoms with Crippen LogP contribution in [0.4, 0.5) is 9.59 Å². The van der Waals surface area contributed by atoms with Crippen LogP contribution < -0.4 is 10.6 Å². The first kappa shape index (κ1) is 38.3. The molecule has 274 valence electrons. The Morgan fingerprint density at radius 1 is 0.827 bits per heavy atom. The number of alkyl carbamates (subject to hydrolysis) is 2. The summed E-state index contributed by atoms with van der Waals surface area (Å²) in [6, 6.07) is 7.26. The van der Waals surface area contributed by atoms with Crippen molar-refractivity contribution in [1.82, 2.24) is 40.4 Å². The lowest BCUT2D eigenvalue weighted by Crippen LogP contribution is -2.46. The fourth-order valence-corrected chi connectivity index (χ4v) is 8.03. The van der Waals surface area contributed by atoms with Gasteiger partial charge in [0, 0.05) is 18.7 Å². The second-order valence-corrected chi connectivity index (χ2v) is 16.7. The number of aromatic amines is 2. The predicted molar refractivity (Wildman–Crippen MR) is 204 cm³/mol. The van der Waals surface area contributed by atoms with Crippen molar-refractivity contribution in [1.29, 1.82) is 0 Å². The normalized spacial score (nSPS) is 18.5. The molecule has 5 rings (SSSR count). The van der Waals surface area contributed by atoms with Crippen LogP contribution in [0.5, 0.6) is 0 Å². The Bertz CT molecular complexity index is 1880. The lowest BCUT2D eigenvalue weighted by Gasteiger charge is -2.25. The van der Waals surface area contributed by atoms with Gasteiger partial charge < -0.3 is 29.2 Å². The molecular weight excluding hydrogens is 702 g/mol. The van der Waals surface area contributed by atoms with Gasteiger partial charge in [0.05, 0.1) is 69.3 Å². The van der Waals surface area contributed by atoms with Crippen molar-refractivity contribution in [2.45, 2.75) is 63.2 Å². The van der Waals surface area contributed by atoms with Crippen LogP contribution in [-0.4, -0.2) is 118 Å². The van der Waals surface area contributed by atoms with Crippen LogP contribution >= 0.6 is 15.1 Å². The van der Waals surface area contributed by atoms with Crippen molar-refractivity contribution in [3.8, 4) is 23.1 Å². The fraction of sp³-hybridized carbons (Fsp3) is 0.444. The molecule has 16 heteroatoms. The van der Waals surface area contributed by atoms with E-state index in [1.165, 1.54) is 0 Å². The number of carbonyl (C=O) groups is 4. The van der Waals surface area contributed by atoms with E-state index in [9.17, 15) is 19.2 Å². The number of ether oxygens (including phenoxy) is 2. The van der Waals surface area contributed by atoms with Crippen molar-refractivity contribution in [2.24, 2.45) is 0 Å². The largest absolute Gasteiger partial charge is 0.450 e. The van der Waals surface area contributed by atoms with Crippen LogP contribution in [0.25, 0.3) is 11.3 Å². The van der Waals surface area contributed by atoms with Crippen LogP contribution in [-0.2, 0) is 19.1 Å². The molecule has 6 unspecified atom stereocenters. The van der Waals surface area contributed by atoms with Crippen LogP contribution in [0.3, 0.4) is 0 Å². The van der Waals surface area contributed by atoms with E-state index in [-0.39, 0.29) is 37.1 Å². The van der Waals surface area contributed by atoms with Gasteiger partial charge in [-0.25, -0.2) is 19.6 Å². The second kappa shape index (κ2) is 17.5. The lowest BCUT2D eigenvalue weighted by atomic mass is 10.1. The van der Waals surface area contributed by atoms with Crippen LogP contribution in [0.2, 0.25) is 0 Å². The van der Waals surface area contributed by atoms with E-state index >= 15 is 0 Å². The van der Waals surface area contributed by atoms with Crippen molar-refractivity contribution in [2.75, 3.05) is 39.6 Å². The maximum Gasteiger partial charge on any atom is 0.410 e. The minimum atomic E-state index is -1.05. The number of nitrogens with zero attached hydrogens (tertiary/aromatic N) is 4. The second-order valence-electron chi connectivity index (χ2n) is 12.6. The quantitative estimate of drug-likeness (QED) is 0.161. The van der Waals surface area contributed by atoms with Gasteiger partial charge >= 0.3 is 12.2 Å². The summed E-state index contributed by atoms with van der Waals surface area (Å²) in [5.41, 5.74) is 3.15. The summed E-state index contributed by atoms with van der Waals surface area (Å²) in [7, 11) is -2.10. The summed E-state index contributed by atoms with van der Waals surface area (Å²) in [5, 5.41) is 5.38. The molecule has 2 aromatic heterocycles. The number of carbonyl (C=O) groups excluding carboxylic acids is 4. The fourth-order valence-electron chi connectivity index (χ4n) is 6.33. The number of likely N-dealkylation sites (tertiary alicyclic amines) is 2. The molecule has 2 saturated heterocycles. The van der Waals surface area contributed by atoms with E-state index in [1.54, 1.807) is 36.0 Å². The highest BCUT2D eigenvalue weighted by Crippen LogP contribution is 2.35. The molecule has 2 aliphatic rings. The van der Waals surface area contributed by atoms with Crippen molar-refractivity contribution in [3.63, 3.8) is 0 Å². The highest BCUT2D eigenvalue weighted by atomic mass is 31.1. The molecule has 0 saturated carbocycles. The topological polar surface area (TPSA) is 175 Å². The monoisotopic (exact) mass is 748 g/mol. The van der Waals surface area contributed by atoms with E-state index in [2.05, 4.69) is 55.0 Å². The first-order valence-corrected chi connectivity index (χ1v) is 21.4. The Morgan fingerprint density at radius 2 is 1.33 bits per heavy atom. The van der Waals surface area contributed by atoms with Gasteiger partial charge in [0.15, 0.2) is 0 Å². The predicted octanol–water partition coefficient (Wildman–Crippen LogP) is 4.76. The molecule has 2 aliphatic heterocycles. The first-order chi connectivity index (χ1) is 25.0. The molecule has 4 heterocycles. The smallest absolute Gasteiger partial charge is 0.410 e. The summed E-state index contributed by atoms with van der Waals surface area (Å²) in [4.78, 5) is 70.6. The van der Waals surface area contributed by atoms with Gasteiger partial charge in [-0.05, 0) is 63.1 Å². The summed E-state index contributed by atoms with van der Waals surface area (Å²) in [6.45, 7) is 8.68. The Kier molecular flexibility index (Phi) is 12.9. The lowest BCUT2D eigenvalue weighted by molar-refractivity contribution is -0.133. The molecule has 14 nitrogen and oxygen atoms in total. The van der Waals surface area contributed by atoms with Crippen LogP contribution in [0, 0.1) is 11.8 Å². The standard InChI is InChI=1S/C36H44N8O6P2/c1-7-49-35(47)41-31(51(3)4)33(45)43-19-9-11-27(43)29-37-21-25(39-29)18-15-23-13-16-24(17-14-23)26-22-38-30(40-26)28-12-10-20-44(28)34(46)32(52(5)6)42-36(48)50-8-2/h13-14,16-17,21-22,27-28,31-32H,3,5,7-12,19-20H2,1-2,4,6H3,(H2-2,37,38,39,40,41,42,47,48)/p+2. The Labute approximate surface area is 305 Å². The highest BCUT2D eigenvalue weighted by Gasteiger charge is 2.42. The Hall–Kier alpha value is -4.98. The molecular formula is C36H46N8O6P2+2. The number of amides is 4. The third-order valence-corrected chi connectivity index (χ3v) is 11.3. The molecule has 0 aliphatic carbocycles. The van der Waals surface area contributed by atoms with Crippen LogP contribution in [0.15, 0.2) is 36.7 Å². The van der Waals surface area contributed by atoms with Gasteiger partial charge in [-0.2, -0.15) is 0 Å². The molecule has 4 amide bonds. The zero-order chi connectivity index (χ0) is 37.4. The summed E-state index contributed by atoms with van der Waals surface area (Å²) >= 11 is 0. The maximum absolute atomic E-state index is 13.5. The highest BCUT2D eigenvalue weighted by molar-refractivity contribution is 7.57. The van der Waals surface area contributed by atoms with Gasteiger partial charge in [0.2, 0.25) is 0 Å². The molecule has 0 bridgehead atoms. The average molecular weight is 749 g/mol. The third kappa shape index (κ3) is 9.08. The number of nitrogens with one attached hydrogen (secondary N) is 4. The number of benzene rings is 1. The molecule has 2 fully saturated rings. The molecule has 1 aromatic carbocycles. The van der Waals surface area contributed by atoms with Crippen molar-refractivity contribution < 1.29 is 28.7 Å². The number of aromatic nitrogens is 4. The third-order valence-electron chi connectivity index (χ3n) is 8.84. The SMILES string of the molecule is C=[P+](C)C(NC(=O)OCC)C(=O)N1CCCC1c1ncc(C#Cc2ccc(-c3cnc(C4CCCN4C(=O)C(NC(=O)OCC)[P+](=C)C)[nH]3)cc2)[nH]1. The number of rotatable bonds is 11. The Morgan fingerprint density at radius 3 is 1.83 bits per heavy atom. The molecule has 4 N–H and O–H groups in total. The molecule has 3 aromatic rings. The summed E-state index contributed by atoms with van der Waals surface area (Å²) < 4.78 is 10.0. The van der Waals surface area contributed by atoms with Gasteiger partial charge in [-0.15, -0.1) is 0 Å². The van der Waals surface area contributed by atoms with Crippen LogP contribution in [0.1, 0.15) is 74.5 Å². The summed E-state index contributed by atoms with van der Waals surface area (Å²) in [5.74, 6) is 5.79. The molecule has 6 atom stereocenters. The zero-order valence-electron chi connectivity index (χ0n) is 30.0. The minimum absolute atomic E-state index is 0.181. The summed E-state index contributed by atoms with van der Waals surface area (Å²) in [6.07, 6.45) is 13.4. The average Bonchev–Trinajstić information content (AvgIpc) is 3.95. The van der Waals surface area contributed by atoms with Gasteiger partial charge in [0.1, 0.15) is 32.4 Å². The van der Waals surface area contributed by atoms with E-state index in [0.29, 0.717) is 30.4 Å². The van der Waals surface area contributed by atoms with E-state index < -0.39 is 38.8 Å². The zero-order valence-corrected chi connectivity index (χ0v) is 31.8. The molecule has 0 spiro atoms. The Balaban J connectivity index is 1.23. The number of hydrogen-bond acceptors (Lipinski definition) is 8. The number of imidazole rings is 2. The van der Waals surface area contributed by atoms with Gasteiger partial charge in [-0.1, -0.05) is 18.1 Å². The van der Waals surface area contributed by atoms with Gasteiger partial charge in [0.25, 0.3) is 23.4 Å². The number of hydrogen-bond donors (Lipinski definition) is 4. The first-order valence-electron chi connectivity index (χ1n) is 17.3. The number of H-pyrrole nitrogens is 2. The van der Waals surface area contributed by atoms with Crippen molar-refractivity contribution in [3.05, 3.63) is 59.6 Å². The van der Waals surface area contributed by atoms with Crippen molar-refractivity contribution >= 4 is 51.7 Å². The van der Waals surface area contributed by atoms with E-state index in [4.69, 9.17) is 9.47 Å². The van der Waals surface area contributed by atoms with E-state index in [1.807, 2.05) is 37.6 Å². The van der Waals surface area contributed by atoms with Gasteiger partial charge in [-0.3, -0.25) is 20.2 Å².